The van der Waals surface area contributed by atoms with Crippen molar-refractivity contribution >= 4 is 6.29 Å². The van der Waals surface area contributed by atoms with Crippen molar-refractivity contribution in [1.82, 2.24) is 0 Å². The van der Waals surface area contributed by atoms with E-state index in [1.165, 1.54) is 0 Å². The molecule has 0 N–H and O–H groups in total. The second-order valence-corrected chi connectivity index (χ2v) is 3.81. The standard InChI is InChI=1S/C15H14O3/c1-17-13-7-8-14(15(9-13)18-2)12-5-3-11(10-16)4-6-12/h3-10H,1-2H3. The molecule has 2 rings (SSSR count). The van der Waals surface area contributed by atoms with Crippen LogP contribution in [0.15, 0.2) is 42.5 Å². The summed E-state index contributed by atoms with van der Waals surface area (Å²) in [5.41, 5.74) is 2.63. The molecule has 0 amide bonds. The zero-order chi connectivity index (χ0) is 13.0. The maximum Gasteiger partial charge on any atom is 0.150 e. The zero-order valence-corrected chi connectivity index (χ0v) is 10.3. The lowest BCUT2D eigenvalue weighted by atomic mass is 10.0. The number of ether oxygens (including phenoxy) is 2. The van der Waals surface area contributed by atoms with Crippen molar-refractivity contribution in [3.05, 3.63) is 48.0 Å². The van der Waals surface area contributed by atoms with Gasteiger partial charge >= 0.3 is 0 Å². The van der Waals surface area contributed by atoms with Gasteiger partial charge in [0.2, 0.25) is 0 Å². The first-order valence-electron chi connectivity index (χ1n) is 5.56. The smallest absolute Gasteiger partial charge is 0.150 e. The molecule has 0 fully saturated rings. The average Bonchev–Trinajstić information content (AvgIpc) is 2.46. The van der Waals surface area contributed by atoms with Gasteiger partial charge < -0.3 is 9.47 Å². The number of benzene rings is 2. The van der Waals surface area contributed by atoms with Gasteiger partial charge in [-0.15, -0.1) is 0 Å². The van der Waals surface area contributed by atoms with Crippen LogP contribution in [0, 0.1) is 0 Å². The van der Waals surface area contributed by atoms with Crippen molar-refractivity contribution in [2.24, 2.45) is 0 Å². The molecule has 3 nitrogen and oxygen atoms in total. The lowest BCUT2D eigenvalue weighted by molar-refractivity contribution is 0.112. The van der Waals surface area contributed by atoms with Crippen LogP contribution in [0.5, 0.6) is 11.5 Å². The van der Waals surface area contributed by atoms with Gasteiger partial charge in [-0.3, -0.25) is 4.79 Å². The summed E-state index contributed by atoms with van der Waals surface area (Å²) in [5, 5.41) is 0. The zero-order valence-electron chi connectivity index (χ0n) is 10.3. The Morgan fingerprint density at radius 1 is 0.944 bits per heavy atom. The topological polar surface area (TPSA) is 35.5 Å². The Morgan fingerprint density at radius 2 is 1.67 bits per heavy atom. The molecule has 0 heterocycles. The molecule has 3 heteroatoms. The second kappa shape index (κ2) is 5.36. The first-order chi connectivity index (χ1) is 8.78. The highest BCUT2D eigenvalue weighted by molar-refractivity contribution is 5.78. The molecule has 18 heavy (non-hydrogen) atoms. The monoisotopic (exact) mass is 242 g/mol. The number of methoxy groups -OCH3 is 2. The molecule has 0 atom stereocenters. The molecular weight excluding hydrogens is 228 g/mol. The average molecular weight is 242 g/mol. The Bertz CT molecular complexity index is 544. The fourth-order valence-corrected chi connectivity index (χ4v) is 1.78. The molecule has 0 aliphatic heterocycles. The molecule has 0 radical (unpaired) electrons. The van der Waals surface area contributed by atoms with Crippen LogP contribution in [0.1, 0.15) is 10.4 Å². The summed E-state index contributed by atoms with van der Waals surface area (Å²) in [6.07, 6.45) is 0.828. The first-order valence-corrected chi connectivity index (χ1v) is 5.56. The molecule has 0 bridgehead atoms. The first kappa shape index (κ1) is 12.2. The van der Waals surface area contributed by atoms with Crippen LogP contribution in [-0.2, 0) is 0 Å². The van der Waals surface area contributed by atoms with Crippen molar-refractivity contribution in [2.45, 2.75) is 0 Å². The van der Waals surface area contributed by atoms with Crippen molar-refractivity contribution in [3.63, 3.8) is 0 Å². The highest BCUT2D eigenvalue weighted by Gasteiger charge is 2.07. The third kappa shape index (κ3) is 2.35. The van der Waals surface area contributed by atoms with Crippen LogP contribution in [0.3, 0.4) is 0 Å². The van der Waals surface area contributed by atoms with Gasteiger partial charge in [0.05, 0.1) is 14.2 Å². The Labute approximate surface area is 106 Å². The summed E-state index contributed by atoms with van der Waals surface area (Å²) in [5.74, 6) is 1.49. The van der Waals surface area contributed by atoms with Gasteiger partial charge in [0.25, 0.3) is 0 Å². The van der Waals surface area contributed by atoms with E-state index in [4.69, 9.17) is 9.47 Å². The molecule has 0 unspecified atom stereocenters. The number of hydrogen-bond donors (Lipinski definition) is 0. The van der Waals surface area contributed by atoms with Crippen LogP contribution in [-0.4, -0.2) is 20.5 Å². The van der Waals surface area contributed by atoms with Gasteiger partial charge in [0.1, 0.15) is 17.8 Å². The molecule has 2 aromatic carbocycles. The van der Waals surface area contributed by atoms with E-state index < -0.39 is 0 Å². The fraction of sp³-hybridized carbons (Fsp3) is 0.133. The van der Waals surface area contributed by atoms with E-state index in [1.54, 1.807) is 26.4 Å². The van der Waals surface area contributed by atoms with Crippen LogP contribution in [0.4, 0.5) is 0 Å². The summed E-state index contributed by atoms with van der Waals surface area (Å²) >= 11 is 0. The Morgan fingerprint density at radius 3 is 2.22 bits per heavy atom. The lowest BCUT2D eigenvalue weighted by Crippen LogP contribution is -1.90. The molecule has 92 valence electrons. The second-order valence-electron chi connectivity index (χ2n) is 3.81. The third-order valence-electron chi connectivity index (χ3n) is 2.77. The predicted molar refractivity (Wildman–Crippen MR) is 70.4 cm³/mol. The number of aldehydes is 1. The van der Waals surface area contributed by atoms with Crippen molar-refractivity contribution < 1.29 is 14.3 Å². The van der Waals surface area contributed by atoms with Gasteiger partial charge in [-0.1, -0.05) is 24.3 Å². The number of carbonyl (C=O) groups excluding carboxylic acids is 1. The minimum Gasteiger partial charge on any atom is -0.497 e. The van der Waals surface area contributed by atoms with Gasteiger partial charge in [-0.2, -0.15) is 0 Å². The molecular formula is C15H14O3. The van der Waals surface area contributed by atoms with Gasteiger partial charge in [-0.25, -0.2) is 0 Å². The predicted octanol–water partition coefficient (Wildman–Crippen LogP) is 3.18. The Kier molecular flexibility index (Phi) is 3.63. The van der Waals surface area contributed by atoms with E-state index in [9.17, 15) is 4.79 Å². The summed E-state index contributed by atoms with van der Waals surface area (Å²) in [7, 11) is 3.24. The lowest BCUT2D eigenvalue weighted by Gasteiger charge is -2.10. The SMILES string of the molecule is COc1ccc(-c2ccc(C=O)cc2)c(OC)c1. The minimum absolute atomic E-state index is 0.659. The van der Waals surface area contributed by atoms with E-state index in [-0.39, 0.29) is 0 Å². The van der Waals surface area contributed by atoms with E-state index >= 15 is 0 Å². The highest BCUT2D eigenvalue weighted by Crippen LogP contribution is 2.33. The largest absolute Gasteiger partial charge is 0.497 e. The molecule has 2 aromatic rings. The van der Waals surface area contributed by atoms with Crippen LogP contribution in [0.25, 0.3) is 11.1 Å². The van der Waals surface area contributed by atoms with Crippen LogP contribution >= 0.6 is 0 Å². The normalized spacial score (nSPS) is 9.89. The Balaban J connectivity index is 2.45. The van der Waals surface area contributed by atoms with Gasteiger partial charge in [-0.05, 0) is 17.7 Å². The summed E-state index contributed by atoms with van der Waals surface area (Å²) < 4.78 is 10.5. The van der Waals surface area contributed by atoms with Crippen LogP contribution < -0.4 is 9.47 Å². The molecule has 0 spiro atoms. The van der Waals surface area contributed by atoms with Crippen molar-refractivity contribution in [1.29, 1.82) is 0 Å². The Hall–Kier alpha value is -2.29. The van der Waals surface area contributed by atoms with Crippen molar-refractivity contribution in [3.8, 4) is 22.6 Å². The number of carbonyl (C=O) groups is 1. The van der Waals surface area contributed by atoms with Crippen molar-refractivity contribution in [2.75, 3.05) is 14.2 Å². The van der Waals surface area contributed by atoms with Gasteiger partial charge in [0, 0.05) is 17.2 Å². The molecule has 0 aliphatic rings. The van der Waals surface area contributed by atoms with Crippen LogP contribution in [0.2, 0.25) is 0 Å². The summed E-state index contributed by atoms with van der Waals surface area (Å²) in [6, 6.07) is 13.0. The van der Waals surface area contributed by atoms with E-state index in [1.807, 2.05) is 30.3 Å². The number of hydrogen-bond acceptors (Lipinski definition) is 3. The molecule has 0 aliphatic carbocycles. The minimum atomic E-state index is 0.659. The van der Waals surface area contributed by atoms with E-state index in [2.05, 4.69) is 0 Å². The highest BCUT2D eigenvalue weighted by atomic mass is 16.5. The maximum atomic E-state index is 10.6. The molecule has 0 saturated carbocycles. The maximum absolute atomic E-state index is 10.6. The quantitative estimate of drug-likeness (QED) is 0.772. The van der Waals surface area contributed by atoms with E-state index in [0.717, 1.165) is 28.9 Å². The van der Waals surface area contributed by atoms with Gasteiger partial charge in [0.15, 0.2) is 0 Å². The summed E-state index contributed by atoms with van der Waals surface area (Å²) in [6.45, 7) is 0. The summed E-state index contributed by atoms with van der Waals surface area (Å²) in [4.78, 5) is 10.6. The fourth-order valence-electron chi connectivity index (χ4n) is 1.78. The third-order valence-corrected chi connectivity index (χ3v) is 2.77. The molecule has 0 saturated heterocycles. The molecule has 0 aromatic heterocycles. The number of rotatable bonds is 4. The van der Waals surface area contributed by atoms with E-state index in [0.29, 0.717) is 5.56 Å².